The lowest BCUT2D eigenvalue weighted by molar-refractivity contribution is 0.0973. The van der Waals surface area contributed by atoms with E-state index in [1.807, 2.05) is 7.05 Å². The lowest BCUT2D eigenvalue weighted by Gasteiger charge is -2.43. The number of tetrazole rings is 1. The third kappa shape index (κ3) is 3.78. The molecule has 0 saturated heterocycles. The predicted molar refractivity (Wildman–Crippen MR) is 80.3 cm³/mol. The van der Waals surface area contributed by atoms with Crippen molar-refractivity contribution in [2.75, 3.05) is 6.54 Å². The average Bonchev–Trinajstić information content (AvgIpc) is 2.80. The molecule has 0 amide bonds. The van der Waals surface area contributed by atoms with Gasteiger partial charge in [-0.05, 0) is 42.4 Å². The van der Waals surface area contributed by atoms with Crippen LogP contribution < -0.4 is 5.32 Å². The van der Waals surface area contributed by atoms with Crippen LogP contribution in [0.2, 0.25) is 0 Å². The van der Waals surface area contributed by atoms with Crippen molar-refractivity contribution in [2.45, 2.75) is 65.3 Å². The maximum atomic E-state index is 4.36. The van der Waals surface area contributed by atoms with Gasteiger partial charge < -0.3 is 5.32 Å². The molecule has 20 heavy (non-hydrogen) atoms. The second-order valence-electron chi connectivity index (χ2n) is 6.80. The van der Waals surface area contributed by atoms with Gasteiger partial charge in [-0.1, -0.05) is 33.6 Å². The third-order valence-corrected chi connectivity index (χ3v) is 4.68. The molecular formula is C15H29N5. The van der Waals surface area contributed by atoms with Gasteiger partial charge in [0.2, 0.25) is 0 Å². The Morgan fingerprint density at radius 2 is 2.20 bits per heavy atom. The largest absolute Gasteiger partial charge is 0.313 e. The second-order valence-corrected chi connectivity index (χ2v) is 6.80. The summed E-state index contributed by atoms with van der Waals surface area (Å²) in [5.41, 5.74) is 0.409. The van der Waals surface area contributed by atoms with Crippen LogP contribution in [0.3, 0.4) is 0 Å². The van der Waals surface area contributed by atoms with E-state index in [1.54, 1.807) is 4.80 Å². The number of nitrogens with zero attached hydrogens (tertiary/aromatic N) is 4. The van der Waals surface area contributed by atoms with E-state index in [-0.39, 0.29) is 0 Å². The maximum absolute atomic E-state index is 4.36. The van der Waals surface area contributed by atoms with Crippen LogP contribution in [0.4, 0.5) is 0 Å². The normalized spacial score (nSPS) is 23.7. The molecule has 2 unspecified atom stereocenters. The van der Waals surface area contributed by atoms with Gasteiger partial charge in [0.15, 0.2) is 5.82 Å². The first-order chi connectivity index (χ1) is 9.53. The smallest absolute Gasteiger partial charge is 0.176 e. The Balaban J connectivity index is 2.09. The minimum atomic E-state index is 0.409. The predicted octanol–water partition coefficient (Wildman–Crippen LogP) is 2.34. The van der Waals surface area contributed by atoms with Gasteiger partial charge in [0, 0.05) is 12.5 Å². The maximum Gasteiger partial charge on any atom is 0.176 e. The molecule has 0 radical (unpaired) electrons. The minimum Gasteiger partial charge on any atom is -0.313 e. The molecule has 1 N–H and O–H groups in total. The highest BCUT2D eigenvalue weighted by Crippen LogP contribution is 2.42. The number of aryl methyl sites for hydroxylation is 1. The molecule has 2 atom stereocenters. The molecule has 5 heteroatoms. The van der Waals surface area contributed by atoms with E-state index >= 15 is 0 Å². The van der Waals surface area contributed by atoms with Crippen LogP contribution in [-0.4, -0.2) is 32.8 Å². The van der Waals surface area contributed by atoms with Crippen molar-refractivity contribution in [3.63, 3.8) is 0 Å². The summed E-state index contributed by atoms with van der Waals surface area (Å²) in [6.45, 7) is 8.12. The molecule has 0 bridgehead atoms. The standard InChI is InChI=1S/C15H29N5/c1-5-10-16-13(11-14-17-19-20(4)18-14)12-8-6-7-9-15(12,2)3/h12-13,16H,5-11H2,1-4H3. The number of aromatic nitrogens is 4. The second kappa shape index (κ2) is 6.66. The van der Waals surface area contributed by atoms with Crippen molar-refractivity contribution in [2.24, 2.45) is 18.4 Å². The zero-order chi connectivity index (χ0) is 14.6. The molecule has 0 aromatic carbocycles. The number of hydrogen-bond donors (Lipinski definition) is 1. The van der Waals surface area contributed by atoms with Gasteiger partial charge in [0.05, 0.1) is 7.05 Å². The molecule has 1 heterocycles. The molecule has 1 aromatic rings. The summed E-state index contributed by atoms with van der Waals surface area (Å²) < 4.78 is 0. The van der Waals surface area contributed by atoms with Gasteiger partial charge in [-0.25, -0.2) is 0 Å². The summed E-state index contributed by atoms with van der Waals surface area (Å²) in [5.74, 6) is 1.56. The molecule has 0 spiro atoms. The lowest BCUT2D eigenvalue weighted by atomic mass is 9.65. The van der Waals surface area contributed by atoms with Crippen molar-refractivity contribution < 1.29 is 0 Å². The lowest BCUT2D eigenvalue weighted by Crippen LogP contribution is -2.46. The Kier molecular flexibility index (Phi) is 5.13. The van der Waals surface area contributed by atoms with Crippen molar-refractivity contribution in [1.29, 1.82) is 0 Å². The summed E-state index contributed by atoms with van der Waals surface area (Å²) in [6, 6.07) is 0.467. The summed E-state index contributed by atoms with van der Waals surface area (Å²) in [5, 5.41) is 16.2. The molecule has 1 saturated carbocycles. The highest BCUT2D eigenvalue weighted by molar-refractivity contribution is 4.95. The minimum absolute atomic E-state index is 0.409. The van der Waals surface area contributed by atoms with Crippen LogP contribution in [-0.2, 0) is 13.5 Å². The molecule has 0 aliphatic heterocycles. The van der Waals surface area contributed by atoms with E-state index in [1.165, 1.54) is 25.7 Å². The van der Waals surface area contributed by atoms with Crippen LogP contribution in [0.25, 0.3) is 0 Å². The first-order valence-corrected chi connectivity index (χ1v) is 7.99. The summed E-state index contributed by atoms with van der Waals surface area (Å²) in [4.78, 5) is 1.55. The highest BCUT2D eigenvalue weighted by atomic mass is 15.6. The van der Waals surface area contributed by atoms with E-state index in [4.69, 9.17) is 0 Å². The van der Waals surface area contributed by atoms with Crippen molar-refractivity contribution in [3.8, 4) is 0 Å². The Bertz CT molecular complexity index is 412. The number of hydrogen-bond acceptors (Lipinski definition) is 4. The Hall–Kier alpha value is -0.970. The van der Waals surface area contributed by atoms with E-state index in [0.29, 0.717) is 17.4 Å². The zero-order valence-electron chi connectivity index (χ0n) is 13.4. The highest BCUT2D eigenvalue weighted by Gasteiger charge is 2.37. The van der Waals surface area contributed by atoms with Crippen LogP contribution in [0.5, 0.6) is 0 Å². The van der Waals surface area contributed by atoms with Crippen molar-refractivity contribution in [3.05, 3.63) is 5.82 Å². The third-order valence-electron chi connectivity index (χ3n) is 4.68. The van der Waals surface area contributed by atoms with Crippen LogP contribution >= 0.6 is 0 Å². The van der Waals surface area contributed by atoms with Gasteiger partial charge in [0.1, 0.15) is 0 Å². The van der Waals surface area contributed by atoms with E-state index < -0.39 is 0 Å². The Labute approximate surface area is 122 Å². The first-order valence-electron chi connectivity index (χ1n) is 7.99. The molecule has 2 rings (SSSR count). The fourth-order valence-corrected chi connectivity index (χ4v) is 3.55. The van der Waals surface area contributed by atoms with Crippen LogP contribution in [0.15, 0.2) is 0 Å². The molecule has 1 fully saturated rings. The van der Waals surface area contributed by atoms with Gasteiger partial charge in [-0.15, -0.1) is 10.2 Å². The van der Waals surface area contributed by atoms with Crippen LogP contribution in [0.1, 0.15) is 58.7 Å². The molecule has 1 aromatic heterocycles. The number of nitrogens with one attached hydrogen (secondary N) is 1. The summed E-state index contributed by atoms with van der Waals surface area (Å²) in [7, 11) is 1.83. The average molecular weight is 279 g/mol. The van der Waals surface area contributed by atoms with E-state index in [0.717, 1.165) is 25.2 Å². The fraction of sp³-hybridized carbons (Fsp3) is 0.933. The Morgan fingerprint density at radius 3 is 2.80 bits per heavy atom. The molecule has 5 nitrogen and oxygen atoms in total. The molecule has 114 valence electrons. The fourth-order valence-electron chi connectivity index (χ4n) is 3.55. The molecule has 1 aliphatic carbocycles. The van der Waals surface area contributed by atoms with Gasteiger partial charge in [0.25, 0.3) is 0 Å². The Morgan fingerprint density at radius 1 is 1.40 bits per heavy atom. The van der Waals surface area contributed by atoms with Crippen molar-refractivity contribution >= 4 is 0 Å². The first kappa shape index (κ1) is 15.4. The molecule has 1 aliphatic rings. The topological polar surface area (TPSA) is 55.6 Å². The summed E-state index contributed by atoms with van der Waals surface area (Å²) >= 11 is 0. The quantitative estimate of drug-likeness (QED) is 0.868. The van der Waals surface area contributed by atoms with E-state index in [9.17, 15) is 0 Å². The van der Waals surface area contributed by atoms with Crippen LogP contribution in [0, 0.1) is 11.3 Å². The molecular weight excluding hydrogens is 250 g/mol. The number of rotatable bonds is 6. The zero-order valence-corrected chi connectivity index (χ0v) is 13.4. The van der Waals surface area contributed by atoms with Gasteiger partial charge in [-0.3, -0.25) is 0 Å². The van der Waals surface area contributed by atoms with Crippen molar-refractivity contribution in [1.82, 2.24) is 25.5 Å². The van der Waals surface area contributed by atoms with E-state index in [2.05, 4.69) is 41.5 Å². The summed E-state index contributed by atoms with van der Waals surface area (Å²) in [6.07, 6.45) is 7.42. The monoisotopic (exact) mass is 279 g/mol. The SMILES string of the molecule is CCCNC(Cc1nnn(C)n1)C1CCCCC1(C)C. The van der Waals surface area contributed by atoms with Gasteiger partial charge in [-0.2, -0.15) is 4.80 Å². The van der Waals surface area contributed by atoms with Gasteiger partial charge >= 0.3 is 0 Å².